The second-order valence-electron chi connectivity index (χ2n) is 6.65. The van der Waals surface area contributed by atoms with E-state index in [1.165, 1.54) is 4.90 Å². The van der Waals surface area contributed by atoms with E-state index in [-0.39, 0.29) is 5.91 Å². The lowest BCUT2D eigenvalue weighted by Crippen LogP contribution is -2.24. The fraction of sp³-hybridized carbons (Fsp3) is 0.120. The number of nitrogens with zero attached hydrogens (tertiary/aromatic N) is 2. The van der Waals surface area contributed by atoms with Crippen LogP contribution in [0.2, 0.25) is 0 Å². The molecular formula is C25H21IN2O3. The summed E-state index contributed by atoms with van der Waals surface area (Å²) in [6.07, 6.45) is 0.787. The van der Waals surface area contributed by atoms with Gasteiger partial charge in [-0.1, -0.05) is 36.3 Å². The second-order valence-corrected chi connectivity index (χ2v) is 7.82. The first-order valence-corrected chi connectivity index (χ1v) is 10.6. The minimum absolute atomic E-state index is 0.352. The predicted molar refractivity (Wildman–Crippen MR) is 131 cm³/mol. The summed E-state index contributed by atoms with van der Waals surface area (Å²) >= 11 is 2.25. The van der Waals surface area contributed by atoms with E-state index in [9.17, 15) is 9.59 Å². The number of ether oxygens (including phenoxy) is 1. The molecule has 0 radical (unpaired) electrons. The van der Waals surface area contributed by atoms with Gasteiger partial charge < -0.3 is 14.5 Å². The minimum atomic E-state index is -0.352. The van der Waals surface area contributed by atoms with Crippen LogP contribution in [-0.4, -0.2) is 26.5 Å². The molecule has 3 aromatic carbocycles. The predicted octanol–water partition coefficient (Wildman–Crippen LogP) is 4.48. The third-order valence-corrected chi connectivity index (χ3v) is 5.76. The van der Waals surface area contributed by atoms with Crippen molar-refractivity contribution in [3.05, 3.63) is 87.5 Å². The molecule has 0 unspecified atom stereocenters. The van der Waals surface area contributed by atoms with Gasteiger partial charge >= 0.3 is 5.91 Å². The zero-order chi connectivity index (χ0) is 22.2. The van der Waals surface area contributed by atoms with Gasteiger partial charge in [-0.25, -0.2) is 0 Å². The number of hydrogen-bond acceptors (Lipinski definition) is 3. The minimum Gasteiger partial charge on any atom is -0.497 e. The Kier molecular flexibility index (Phi) is 7.68. The number of benzene rings is 3. The Hall–Kier alpha value is -3.31. The molecule has 0 aliphatic heterocycles. The largest absolute Gasteiger partial charge is 0.497 e. The van der Waals surface area contributed by atoms with Crippen LogP contribution < -0.4 is 14.5 Å². The summed E-state index contributed by atoms with van der Waals surface area (Å²) in [4.78, 5) is 27.5. The molecule has 0 aromatic heterocycles. The number of methoxy groups -OCH3 is 1. The van der Waals surface area contributed by atoms with E-state index < -0.39 is 0 Å². The van der Waals surface area contributed by atoms with E-state index in [1.807, 2.05) is 42.5 Å². The van der Waals surface area contributed by atoms with E-state index in [1.54, 1.807) is 49.4 Å². The van der Waals surface area contributed by atoms with Gasteiger partial charge in [-0.05, 0) is 70.6 Å². The van der Waals surface area contributed by atoms with Gasteiger partial charge in [0.05, 0.1) is 19.3 Å². The average molecular weight is 524 g/mol. The first-order chi connectivity index (χ1) is 15.0. The molecule has 3 rings (SSSR count). The summed E-state index contributed by atoms with van der Waals surface area (Å²) in [6.45, 7) is 0.418. The number of carbonyl (C=O) groups is 2. The van der Waals surface area contributed by atoms with Gasteiger partial charge in [-0.15, -0.1) is 0 Å². The fourth-order valence-electron chi connectivity index (χ4n) is 2.95. The molecule has 0 spiro atoms. The van der Waals surface area contributed by atoms with Crippen LogP contribution in [0.1, 0.15) is 11.1 Å². The lowest BCUT2D eigenvalue weighted by atomic mass is 10.1. The normalized spacial score (nSPS) is 9.90. The molecule has 0 saturated heterocycles. The summed E-state index contributed by atoms with van der Waals surface area (Å²) in [5, 5.41) is 0. The summed E-state index contributed by atoms with van der Waals surface area (Å²) < 4.78 is 6.22. The molecule has 6 heteroatoms. The van der Waals surface area contributed by atoms with Gasteiger partial charge in [0.25, 0.3) is 0 Å². The zero-order valence-electron chi connectivity index (χ0n) is 17.2. The highest BCUT2D eigenvalue weighted by molar-refractivity contribution is 14.1. The second kappa shape index (κ2) is 10.6. The van der Waals surface area contributed by atoms with Crippen LogP contribution in [0.5, 0.6) is 5.75 Å². The number of rotatable bonds is 6. The van der Waals surface area contributed by atoms with Crippen molar-refractivity contribution in [3.63, 3.8) is 0 Å². The van der Waals surface area contributed by atoms with Gasteiger partial charge in [0.1, 0.15) is 5.75 Å². The van der Waals surface area contributed by atoms with Crippen LogP contribution in [0.15, 0.2) is 72.8 Å². The van der Waals surface area contributed by atoms with Crippen LogP contribution in [0.25, 0.3) is 0 Å². The first-order valence-electron chi connectivity index (χ1n) is 9.51. The fourth-order valence-corrected chi connectivity index (χ4v) is 3.50. The third kappa shape index (κ3) is 5.64. The van der Waals surface area contributed by atoms with Crippen LogP contribution >= 0.6 is 22.6 Å². The highest BCUT2D eigenvalue weighted by atomic mass is 127. The topological polar surface area (TPSA) is 49.9 Å². The van der Waals surface area contributed by atoms with Crippen LogP contribution in [-0.2, 0) is 16.1 Å². The first kappa shape index (κ1) is 22.4. The molecule has 2 amide bonds. The lowest BCUT2D eigenvalue weighted by molar-refractivity contribution is -0.113. The maximum Gasteiger partial charge on any atom is 0.302 e. The SMILES string of the molecule is COc1ccc(N(C)C(=O)C#Cc2ccccc2N(C=O)Cc2ccccc2I)cc1. The zero-order valence-corrected chi connectivity index (χ0v) is 19.4. The average Bonchev–Trinajstić information content (AvgIpc) is 2.82. The van der Waals surface area contributed by atoms with Gasteiger partial charge in [0, 0.05) is 27.8 Å². The maximum atomic E-state index is 12.6. The highest BCUT2D eigenvalue weighted by Gasteiger charge is 2.12. The molecule has 31 heavy (non-hydrogen) atoms. The Bertz CT molecular complexity index is 1130. The highest BCUT2D eigenvalue weighted by Crippen LogP contribution is 2.23. The Balaban J connectivity index is 1.83. The van der Waals surface area contributed by atoms with Gasteiger partial charge in [-0.3, -0.25) is 9.59 Å². The summed E-state index contributed by atoms with van der Waals surface area (Å²) in [5.41, 5.74) is 3.01. The van der Waals surface area contributed by atoms with Crippen molar-refractivity contribution in [1.82, 2.24) is 0 Å². The van der Waals surface area contributed by atoms with Crippen LogP contribution in [0.4, 0.5) is 11.4 Å². The Labute approximate surface area is 195 Å². The summed E-state index contributed by atoms with van der Waals surface area (Å²) in [6, 6.07) is 22.4. The quantitative estimate of drug-likeness (QED) is 0.272. The number of amides is 2. The monoisotopic (exact) mass is 524 g/mol. The van der Waals surface area contributed by atoms with E-state index in [0.717, 1.165) is 15.5 Å². The van der Waals surface area contributed by atoms with Crippen molar-refractivity contribution in [2.45, 2.75) is 6.54 Å². The van der Waals surface area contributed by atoms with E-state index in [2.05, 4.69) is 34.4 Å². The molecule has 0 saturated carbocycles. The smallest absolute Gasteiger partial charge is 0.302 e. The standard InChI is InChI=1S/C25H21IN2O3/c1-27(21-12-14-22(31-2)15-13-21)25(30)16-11-19-7-4-6-10-24(19)28(18-29)17-20-8-3-5-9-23(20)26/h3-10,12-15,18H,17H2,1-2H3. The van der Waals surface area contributed by atoms with Crippen LogP contribution in [0, 0.1) is 15.4 Å². The van der Waals surface area contributed by atoms with E-state index >= 15 is 0 Å². The summed E-state index contributed by atoms with van der Waals surface area (Å²) in [7, 11) is 3.26. The van der Waals surface area contributed by atoms with Crippen molar-refractivity contribution in [1.29, 1.82) is 0 Å². The molecule has 0 N–H and O–H groups in total. The molecule has 0 bridgehead atoms. The van der Waals surface area contributed by atoms with Gasteiger partial charge in [0.15, 0.2) is 0 Å². The van der Waals surface area contributed by atoms with Gasteiger partial charge in [-0.2, -0.15) is 0 Å². The maximum absolute atomic E-state index is 12.6. The van der Waals surface area contributed by atoms with Crippen molar-refractivity contribution in [2.24, 2.45) is 0 Å². The molecule has 0 aliphatic rings. The number of para-hydroxylation sites is 1. The molecule has 156 valence electrons. The number of anilines is 2. The number of hydrogen-bond donors (Lipinski definition) is 0. The van der Waals surface area contributed by atoms with E-state index in [0.29, 0.717) is 29.2 Å². The molecule has 0 fully saturated rings. The number of halogens is 1. The Morgan fingerprint density at radius 2 is 1.71 bits per heavy atom. The Morgan fingerprint density at radius 3 is 2.39 bits per heavy atom. The van der Waals surface area contributed by atoms with E-state index in [4.69, 9.17) is 4.74 Å². The molecule has 0 atom stereocenters. The van der Waals surface area contributed by atoms with Crippen molar-refractivity contribution in [3.8, 4) is 17.6 Å². The third-order valence-electron chi connectivity index (χ3n) is 4.71. The molecular weight excluding hydrogens is 503 g/mol. The molecule has 5 nitrogen and oxygen atoms in total. The van der Waals surface area contributed by atoms with Gasteiger partial charge in [0.2, 0.25) is 6.41 Å². The van der Waals surface area contributed by atoms with Crippen LogP contribution in [0.3, 0.4) is 0 Å². The number of carbonyl (C=O) groups excluding carboxylic acids is 2. The lowest BCUT2D eigenvalue weighted by Gasteiger charge is -2.20. The summed E-state index contributed by atoms with van der Waals surface area (Å²) in [5.74, 6) is 5.98. The van der Waals surface area contributed by atoms with Crippen molar-refractivity contribution >= 4 is 46.3 Å². The Morgan fingerprint density at radius 1 is 1.03 bits per heavy atom. The van der Waals surface area contributed by atoms with Crippen molar-refractivity contribution < 1.29 is 14.3 Å². The molecule has 3 aromatic rings. The molecule has 0 heterocycles. The van der Waals surface area contributed by atoms with Crippen molar-refractivity contribution in [2.75, 3.05) is 24.0 Å². The molecule has 0 aliphatic carbocycles.